The second-order valence-electron chi connectivity index (χ2n) is 8.29. The van der Waals surface area contributed by atoms with Crippen molar-refractivity contribution >= 4 is 17.4 Å². The van der Waals surface area contributed by atoms with E-state index in [1.54, 1.807) is 7.11 Å². The van der Waals surface area contributed by atoms with E-state index in [1.807, 2.05) is 25.1 Å². The van der Waals surface area contributed by atoms with Crippen LogP contribution in [0.3, 0.4) is 0 Å². The van der Waals surface area contributed by atoms with Crippen molar-refractivity contribution in [3.63, 3.8) is 0 Å². The van der Waals surface area contributed by atoms with Crippen molar-refractivity contribution in [3.05, 3.63) is 35.4 Å². The number of rotatable bonds is 3. The molecule has 6 heteroatoms. The summed E-state index contributed by atoms with van der Waals surface area (Å²) in [6, 6.07) is 6.08. The molecule has 3 fully saturated rings. The van der Waals surface area contributed by atoms with E-state index >= 15 is 0 Å². The number of fused-ring (bicyclic) bond motifs is 2. The van der Waals surface area contributed by atoms with Crippen molar-refractivity contribution in [1.82, 2.24) is 4.90 Å². The lowest BCUT2D eigenvalue weighted by Gasteiger charge is -2.64. The summed E-state index contributed by atoms with van der Waals surface area (Å²) < 4.78 is 10.9. The van der Waals surface area contributed by atoms with Crippen molar-refractivity contribution in [1.29, 1.82) is 0 Å². The topological polar surface area (TPSA) is 71.4 Å². The predicted octanol–water partition coefficient (Wildman–Crippen LogP) is 2.22. The standard InChI is InChI=1S/C22H26N2O4/c1-4-13-11-24-8-7-21-16-9-14(27-2)5-6-17(16)23-19(21)18(24)10-15(13)22(21,12-25)20(26)28-3/h4-6,9,15,18,25H,7-8,10-12H2,1-3H3. The highest BCUT2D eigenvalue weighted by Gasteiger charge is 2.73. The molecule has 148 valence electrons. The van der Waals surface area contributed by atoms with Crippen LogP contribution in [0, 0.1) is 11.3 Å². The molecule has 3 bridgehead atoms. The van der Waals surface area contributed by atoms with Gasteiger partial charge >= 0.3 is 5.97 Å². The van der Waals surface area contributed by atoms with Crippen LogP contribution in [0.4, 0.5) is 5.69 Å². The molecule has 1 aromatic carbocycles. The Morgan fingerprint density at radius 1 is 1.43 bits per heavy atom. The molecule has 1 aromatic rings. The smallest absolute Gasteiger partial charge is 0.316 e. The fourth-order valence-electron chi connectivity index (χ4n) is 6.48. The van der Waals surface area contributed by atoms with Gasteiger partial charge in [0.2, 0.25) is 0 Å². The molecule has 1 aliphatic carbocycles. The zero-order valence-corrected chi connectivity index (χ0v) is 16.6. The zero-order valence-electron chi connectivity index (χ0n) is 16.6. The summed E-state index contributed by atoms with van der Waals surface area (Å²) in [5, 5.41) is 10.9. The van der Waals surface area contributed by atoms with Gasteiger partial charge in [0.15, 0.2) is 0 Å². The van der Waals surface area contributed by atoms with Gasteiger partial charge in [-0.15, -0.1) is 0 Å². The number of methoxy groups -OCH3 is 2. The highest BCUT2D eigenvalue weighted by Crippen LogP contribution is 2.66. The Hall–Kier alpha value is -2.18. The summed E-state index contributed by atoms with van der Waals surface area (Å²) in [5.74, 6) is 0.342. The molecule has 2 saturated heterocycles. The van der Waals surface area contributed by atoms with E-state index in [-0.39, 0.29) is 24.5 Å². The molecule has 6 nitrogen and oxygen atoms in total. The third-order valence-corrected chi connectivity index (χ3v) is 7.69. The molecule has 0 radical (unpaired) electrons. The van der Waals surface area contributed by atoms with Crippen LogP contribution in [-0.4, -0.2) is 61.6 Å². The van der Waals surface area contributed by atoms with Crippen LogP contribution >= 0.6 is 0 Å². The first-order valence-corrected chi connectivity index (χ1v) is 9.93. The third-order valence-electron chi connectivity index (χ3n) is 7.69. The van der Waals surface area contributed by atoms with Gasteiger partial charge in [0.1, 0.15) is 11.2 Å². The first kappa shape index (κ1) is 17.9. The van der Waals surface area contributed by atoms with Crippen LogP contribution in [0.25, 0.3) is 0 Å². The number of nitrogens with zero attached hydrogens (tertiary/aromatic N) is 2. The minimum Gasteiger partial charge on any atom is -0.497 e. The van der Waals surface area contributed by atoms with Crippen LogP contribution in [-0.2, 0) is 14.9 Å². The van der Waals surface area contributed by atoms with Crippen molar-refractivity contribution in [2.45, 2.75) is 31.2 Å². The number of hydrogen-bond acceptors (Lipinski definition) is 6. The highest BCUT2D eigenvalue weighted by atomic mass is 16.5. The maximum atomic E-state index is 13.5. The van der Waals surface area contributed by atoms with Gasteiger partial charge in [0.25, 0.3) is 0 Å². The summed E-state index contributed by atoms with van der Waals surface area (Å²) in [4.78, 5) is 21.0. The fraction of sp³-hybridized carbons (Fsp3) is 0.545. The molecular formula is C22H26N2O4. The molecular weight excluding hydrogens is 356 g/mol. The van der Waals surface area contributed by atoms with E-state index in [2.05, 4.69) is 11.0 Å². The van der Waals surface area contributed by atoms with Crippen molar-refractivity contribution in [2.75, 3.05) is 33.9 Å². The normalized spacial score (nSPS) is 36.7. The molecule has 28 heavy (non-hydrogen) atoms. The number of esters is 1. The van der Waals surface area contributed by atoms with E-state index in [9.17, 15) is 9.90 Å². The van der Waals surface area contributed by atoms with Gasteiger partial charge in [-0.3, -0.25) is 14.7 Å². The summed E-state index contributed by atoms with van der Waals surface area (Å²) in [6.07, 6.45) is 3.65. The van der Waals surface area contributed by atoms with Crippen molar-refractivity contribution in [2.24, 2.45) is 16.3 Å². The average molecular weight is 382 g/mol. The number of hydrogen-bond donors (Lipinski definition) is 1. The first-order valence-electron chi connectivity index (χ1n) is 9.93. The van der Waals surface area contributed by atoms with Gasteiger partial charge < -0.3 is 14.6 Å². The van der Waals surface area contributed by atoms with E-state index in [0.717, 1.165) is 48.6 Å². The number of benzene rings is 1. The summed E-state index contributed by atoms with van der Waals surface area (Å²) in [7, 11) is 3.07. The maximum Gasteiger partial charge on any atom is 0.316 e. The Balaban J connectivity index is 1.85. The SMILES string of the molecule is CC=C1CN2CCC34C(=Nc5ccc(OC)cc53)C2CC1C4(CO)C(=O)OC. The van der Waals surface area contributed by atoms with Gasteiger partial charge in [0, 0.05) is 24.7 Å². The number of aliphatic hydroxyl groups is 1. The number of aliphatic hydroxyl groups excluding tert-OH is 1. The van der Waals surface area contributed by atoms with Crippen LogP contribution in [0.2, 0.25) is 0 Å². The summed E-state index contributed by atoms with van der Waals surface area (Å²) >= 11 is 0. The largest absolute Gasteiger partial charge is 0.497 e. The molecule has 0 amide bonds. The number of allylic oxidation sites excluding steroid dienone is 1. The van der Waals surface area contributed by atoms with Gasteiger partial charge in [-0.1, -0.05) is 11.6 Å². The summed E-state index contributed by atoms with van der Waals surface area (Å²) in [6.45, 7) is 3.45. The second-order valence-corrected chi connectivity index (χ2v) is 8.29. The molecule has 4 unspecified atom stereocenters. The fourth-order valence-corrected chi connectivity index (χ4v) is 6.48. The van der Waals surface area contributed by atoms with Crippen LogP contribution in [0.15, 0.2) is 34.8 Å². The number of piperidine rings is 2. The minimum atomic E-state index is -1.07. The Morgan fingerprint density at radius 3 is 2.93 bits per heavy atom. The highest BCUT2D eigenvalue weighted by molar-refractivity contribution is 6.11. The zero-order chi connectivity index (χ0) is 19.7. The lowest BCUT2D eigenvalue weighted by Crippen LogP contribution is -2.74. The molecule has 4 aliphatic rings. The molecule has 5 rings (SSSR count). The van der Waals surface area contributed by atoms with E-state index < -0.39 is 10.8 Å². The molecule has 0 aromatic heterocycles. The number of carbonyl (C=O) groups is 1. The second kappa shape index (κ2) is 5.91. The van der Waals surface area contributed by atoms with E-state index in [0.29, 0.717) is 0 Å². The third kappa shape index (κ3) is 1.81. The lowest BCUT2D eigenvalue weighted by molar-refractivity contribution is -0.170. The summed E-state index contributed by atoms with van der Waals surface area (Å²) in [5.41, 5.74) is 2.39. The van der Waals surface area contributed by atoms with E-state index in [1.165, 1.54) is 12.7 Å². The molecule has 3 heterocycles. The van der Waals surface area contributed by atoms with Gasteiger partial charge in [-0.2, -0.15) is 0 Å². The Kier molecular flexibility index (Phi) is 3.77. The van der Waals surface area contributed by atoms with Crippen LogP contribution in [0.5, 0.6) is 5.75 Å². The molecule has 3 aliphatic heterocycles. The van der Waals surface area contributed by atoms with Gasteiger partial charge in [0.05, 0.1) is 38.0 Å². The molecule has 1 N–H and O–H groups in total. The first-order chi connectivity index (χ1) is 13.6. The quantitative estimate of drug-likeness (QED) is 0.641. The average Bonchev–Trinajstić information content (AvgIpc) is 3.08. The van der Waals surface area contributed by atoms with Crippen molar-refractivity contribution in [3.8, 4) is 5.75 Å². The lowest BCUT2D eigenvalue weighted by atomic mass is 9.43. The van der Waals surface area contributed by atoms with Gasteiger partial charge in [-0.25, -0.2) is 0 Å². The molecule has 4 atom stereocenters. The predicted molar refractivity (Wildman–Crippen MR) is 105 cm³/mol. The maximum absolute atomic E-state index is 13.5. The van der Waals surface area contributed by atoms with Gasteiger partial charge in [-0.05, 0) is 43.5 Å². The Morgan fingerprint density at radius 2 is 2.25 bits per heavy atom. The number of carbonyl (C=O) groups excluding carboxylic acids is 1. The Labute approximate surface area is 164 Å². The van der Waals surface area contributed by atoms with Crippen molar-refractivity contribution < 1.29 is 19.4 Å². The van der Waals surface area contributed by atoms with E-state index in [4.69, 9.17) is 14.5 Å². The van der Waals surface area contributed by atoms with Crippen LogP contribution in [0.1, 0.15) is 25.3 Å². The van der Waals surface area contributed by atoms with Crippen LogP contribution < -0.4 is 4.74 Å². The minimum absolute atomic E-state index is 0.0624. The monoisotopic (exact) mass is 382 g/mol. The molecule has 0 spiro atoms. The number of ether oxygens (including phenoxy) is 2. The molecule has 1 saturated carbocycles. The number of aliphatic imine (C=N–C) groups is 1. The Bertz CT molecular complexity index is 923.